The molecule has 0 unspecified atom stereocenters. The molecule has 1 heterocycles. The van der Waals surface area contributed by atoms with Crippen molar-refractivity contribution in [1.82, 2.24) is 4.98 Å². The number of nitriles is 1. The first-order chi connectivity index (χ1) is 6.72. The molecular formula is C9H8N2O3. The van der Waals surface area contributed by atoms with Crippen LogP contribution in [0.4, 0.5) is 0 Å². The van der Waals surface area contributed by atoms with E-state index in [-0.39, 0.29) is 17.0 Å². The molecule has 0 bridgehead atoms. The van der Waals surface area contributed by atoms with Gasteiger partial charge in [-0.25, -0.2) is 9.78 Å². The molecule has 14 heavy (non-hydrogen) atoms. The number of hydrogen-bond acceptors (Lipinski definition) is 5. The fourth-order valence-corrected chi connectivity index (χ4v) is 0.930. The molecule has 5 heteroatoms. The minimum atomic E-state index is -0.543. The molecule has 0 aliphatic heterocycles. The van der Waals surface area contributed by atoms with Gasteiger partial charge in [0.2, 0.25) is 0 Å². The lowest BCUT2D eigenvalue weighted by atomic mass is 10.2. The number of nitrogens with zero attached hydrogens (tertiary/aromatic N) is 2. The van der Waals surface area contributed by atoms with E-state index in [9.17, 15) is 4.79 Å². The van der Waals surface area contributed by atoms with E-state index in [4.69, 9.17) is 10.00 Å². The van der Waals surface area contributed by atoms with Crippen molar-refractivity contribution < 1.29 is 14.3 Å². The zero-order valence-corrected chi connectivity index (χ0v) is 7.77. The maximum Gasteiger partial charge on any atom is 0.343 e. The van der Waals surface area contributed by atoms with Gasteiger partial charge < -0.3 is 9.47 Å². The summed E-state index contributed by atoms with van der Waals surface area (Å²) in [5.74, 6) is -0.262. The van der Waals surface area contributed by atoms with Crippen molar-refractivity contribution in [3.05, 3.63) is 23.5 Å². The first-order valence-electron chi connectivity index (χ1n) is 3.75. The Morgan fingerprint density at radius 1 is 1.57 bits per heavy atom. The molecule has 1 aromatic rings. The third-order valence-corrected chi connectivity index (χ3v) is 1.61. The third-order valence-electron chi connectivity index (χ3n) is 1.61. The molecule has 72 valence electrons. The number of rotatable bonds is 2. The molecule has 0 aliphatic carbocycles. The Labute approximate surface area is 80.9 Å². The van der Waals surface area contributed by atoms with Crippen LogP contribution in [0.25, 0.3) is 0 Å². The van der Waals surface area contributed by atoms with Crippen molar-refractivity contribution in [3.8, 4) is 11.8 Å². The highest BCUT2D eigenvalue weighted by atomic mass is 16.5. The maximum atomic E-state index is 11.2. The predicted molar refractivity (Wildman–Crippen MR) is 46.8 cm³/mol. The summed E-state index contributed by atoms with van der Waals surface area (Å²) < 4.78 is 9.43. The zero-order chi connectivity index (χ0) is 10.6. The van der Waals surface area contributed by atoms with Gasteiger partial charge in [0.15, 0.2) is 0 Å². The second-order valence-electron chi connectivity index (χ2n) is 2.37. The molecule has 5 nitrogen and oxygen atoms in total. The fraction of sp³-hybridized carbons (Fsp3) is 0.222. The lowest BCUT2D eigenvalue weighted by Crippen LogP contribution is -2.05. The Kier molecular flexibility index (Phi) is 3.02. The fourth-order valence-electron chi connectivity index (χ4n) is 0.930. The number of hydrogen-bond donors (Lipinski definition) is 0. The highest BCUT2D eigenvalue weighted by Gasteiger charge is 2.13. The van der Waals surface area contributed by atoms with Crippen molar-refractivity contribution in [2.45, 2.75) is 0 Å². The van der Waals surface area contributed by atoms with Crippen LogP contribution < -0.4 is 4.74 Å². The van der Waals surface area contributed by atoms with Gasteiger partial charge in [0, 0.05) is 12.3 Å². The Balaban J connectivity index is 3.19. The Hall–Kier alpha value is -2.09. The SMILES string of the molecule is COC(=O)c1cnc(C#N)cc1OC. The van der Waals surface area contributed by atoms with Gasteiger partial charge in [-0.3, -0.25) is 0 Å². The monoisotopic (exact) mass is 192 g/mol. The number of methoxy groups -OCH3 is 2. The van der Waals surface area contributed by atoms with Crippen molar-refractivity contribution in [2.24, 2.45) is 0 Å². The minimum absolute atomic E-state index is 0.189. The van der Waals surface area contributed by atoms with Crippen LogP contribution in [0.1, 0.15) is 16.1 Å². The lowest BCUT2D eigenvalue weighted by molar-refractivity contribution is 0.0596. The van der Waals surface area contributed by atoms with E-state index < -0.39 is 5.97 Å². The van der Waals surface area contributed by atoms with E-state index in [1.807, 2.05) is 6.07 Å². The molecule has 0 N–H and O–H groups in total. The molecule has 1 rings (SSSR count). The van der Waals surface area contributed by atoms with Crippen LogP contribution >= 0.6 is 0 Å². The standard InChI is InChI=1S/C9H8N2O3/c1-13-8-3-6(4-10)11-5-7(8)9(12)14-2/h3,5H,1-2H3. The Morgan fingerprint density at radius 3 is 2.79 bits per heavy atom. The number of carbonyl (C=O) groups excluding carboxylic acids is 1. The molecule has 0 saturated heterocycles. The molecule has 0 aliphatic rings. The molecular weight excluding hydrogens is 184 g/mol. The van der Waals surface area contributed by atoms with E-state index in [1.165, 1.54) is 26.5 Å². The summed E-state index contributed by atoms with van der Waals surface area (Å²) >= 11 is 0. The van der Waals surface area contributed by atoms with Gasteiger partial charge in [0.1, 0.15) is 23.1 Å². The van der Waals surface area contributed by atoms with E-state index >= 15 is 0 Å². The van der Waals surface area contributed by atoms with Gasteiger partial charge in [-0.1, -0.05) is 0 Å². The molecule has 0 amide bonds. The molecule has 0 fully saturated rings. The second-order valence-corrected chi connectivity index (χ2v) is 2.37. The smallest absolute Gasteiger partial charge is 0.343 e. The van der Waals surface area contributed by atoms with Gasteiger partial charge >= 0.3 is 5.97 Å². The van der Waals surface area contributed by atoms with E-state index in [2.05, 4.69) is 9.72 Å². The lowest BCUT2D eigenvalue weighted by Gasteiger charge is -2.05. The molecule has 1 aromatic heterocycles. The van der Waals surface area contributed by atoms with Crippen molar-refractivity contribution in [3.63, 3.8) is 0 Å². The topological polar surface area (TPSA) is 72.2 Å². The Bertz CT molecular complexity index is 396. The van der Waals surface area contributed by atoms with Crippen LogP contribution in [0.3, 0.4) is 0 Å². The van der Waals surface area contributed by atoms with E-state index in [0.717, 1.165) is 0 Å². The normalized spacial score (nSPS) is 8.93. The average Bonchev–Trinajstić information content (AvgIpc) is 2.27. The number of esters is 1. The first kappa shape index (κ1) is 9.99. The number of ether oxygens (including phenoxy) is 2. The second kappa shape index (κ2) is 4.23. The zero-order valence-electron chi connectivity index (χ0n) is 7.77. The summed E-state index contributed by atoms with van der Waals surface area (Å²) in [6.45, 7) is 0. The van der Waals surface area contributed by atoms with Crippen LogP contribution in [-0.4, -0.2) is 25.2 Å². The van der Waals surface area contributed by atoms with Gasteiger partial charge in [-0.15, -0.1) is 0 Å². The summed E-state index contributed by atoms with van der Waals surface area (Å²) in [6, 6.07) is 3.22. The van der Waals surface area contributed by atoms with Gasteiger partial charge in [0.05, 0.1) is 14.2 Å². The highest BCUT2D eigenvalue weighted by Crippen LogP contribution is 2.18. The van der Waals surface area contributed by atoms with Gasteiger partial charge in [0.25, 0.3) is 0 Å². The van der Waals surface area contributed by atoms with Crippen molar-refractivity contribution in [2.75, 3.05) is 14.2 Å². The quantitative estimate of drug-likeness (QED) is 0.646. The maximum absolute atomic E-state index is 11.2. The van der Waals surface area contributed by atoms with Gasteiger partial charge in [-0.2, -0.15) is 5.26 Å². The van der Waals surface area contributed by atoms with E-state index in [1.54, 1.807) is 0 Å². The average molecular weight is 192 g/mol. The number of aromatic nitrogens is 1. The van der Waals surface area contributed by atoms with Crippen LogP contribution in [0, 0.1) is 11.3 Å². The molecule has 0 radical (unpaired) electrons. The van der Waals surface area contributed by atoms with Crippen LogP contribution in [0.5, 0.6) is 5.75 Å². The third kappa shape index (κ3) is 1.80. The largest absolute Gasteiger partial charge is 0.496 e. The van der Waals surface area contributed by atoms with Crippen molar-refractivity contribution in [1.29, 1.82) is 5.26 Å². The molecule has 0 saturated carbocycles. The summed E-state index contributed by atoms with van der Waals surface area (Å²) in [5, 5.41) is 8.56. The van der Waals surface area contributed by atoms with Crippen molar-refractivity contribution >= 4 is 5.97 Å². The Morgan fingerprint density at radius 2 is 2.29 bits per heavy atom. The van der Waals surface area contributed by atoms with Crippen LogP contribution in [-0.2, 0) is 4.74 Å². The molecule has 0 atom stereocenters. The van der Waals surface area contributed by atoms with E-state index in [0.29, 0.717) is 0 Å². The minimum Gasteiger partial charge on any atom is -0.496 e. The summed E-state index contributed by atoms with van der Waals surface area (Å²) in [4.78, 5) is 14.9. The summed E-state index contributed by atoms with van der Waals surface area (Å²) in [6.07, 6.45) is 1.25. The van der Waals surface area contributed by atoms with Crippen LogP contribution in [0.15, 0.2) is 12.3 Å². The summed E-state index contributed by atoms with van der Waals surface area (Å²) in [7, 11) is 2.67. The van der Waals surface area contributed by atoms with Crippen LogP contribution in [0.2, 0.25) is 0 Å². The summed E-state index contributed by atoms with van der Waals surface area (Å²) in [5.41, 5.74) is 0.392. The first-order valence-corrected chi connectivity index (χ1v) is 3.75. The highest BCUT2D eigenvalue weighted by molar-refractivity contribution is 5.92. The molecule has 0 spiro atoms. The number of carbonyl (C=O) groups is 1. The van der Waals surface area contributed by atoms with Gasteiger partial charge in [-0.05, 0) is 0 Å². The number of pyridine rings is 1. The molecule has 0 aromatic carbocycles. The predicted octanol–water partition coefficient (Wildman–Crippen LogP) is 0.748.